The fourth-order valence-corrected chi connectivity index (χ4v) is 4.41. The summed E-state index contributed by atoms with van der Waals surface area (Å²) in [4.78, 5) is 30.0. The summed E-state index contributed by atoms with van der Waals surface area (Å²) in [6.45, 7) is 4.02. The zero-order valence-corrected chi connectivity index (χ0v) is 17.6. The summed E-state index contributed by atoms with van der Waals surface area (Å²) < 4.78 is 12.4. The first-order valence-corrected chi connectivity index (χ1v) is 10.3. The van der Waals surface area contributed by atoms with Gasteiger partial charge in [-0.25, -0.2) is 9.78 Å². The van der Waals surface area contributed by atoms with E-state index < -0.39 is 5.97 Å². The van der Waals surface area contributed by atoms with E-state index in [0.29, 0.717) is 34.0 Å². The zero-order valence-electron chi connectivity index (χ0n) is 16.8. The Balaban J connectivity index is 1.91. The van der Waals surface area contributed by atoms with Crippen molar-refractivity contribution in [1.82, 2.24) is 9.55 Å². The molecule has 1 N–H and O–H groups in total. The predicted octanol–water partition coefficient (Wildman–Crippen LogP) is 4.34. The second kappa shape index (κ2) is 7.79. The van der Waals surface area contributed by atoms with E-state index >= 15 is 0 Å². The number of aromatic nitrogens is 2. The highest BCUT2D eigenvalue weighted by Crippen LogP contribution is 2.37. The van der Waals surface area contributed by atoms with Gasteiger partial charge in [0.2, 0.25) is 5.76 Å². The summed E-state index contributed by atoms with van der Waals surface area (Å²) in [7, 11) is 1.60. The number of hydrogen-bond acceptors (Lipinski definition) is 6. The number of aryl methyl sites for hydroxylation is 2. The van der Waals surface area contributed by atoms with Gasteiger partial charge in [0.1, 0.15) is 22.2 Å². The van der Waals surface area contributed by atoms with Crippen molar-refractivity contribution in [2.45, 2.75) is 26.8 Å². The molecule has 0 unspecified atom stereocenters. The maximum absolute atomic E-state index is 13.5. The van der Waals surface area contributed by atoms with Gasteiger partial charge in [-0.15, -0.1) is 11.3 Å². The van der Waals surface area contributed by atoms with Crippen LogP contribution in [0.25, 0.3) is 21.3 Å². The highest BCUT2D eigenvalue weighted by molar-refractivity contribution is 7.17. The fourth-order valence-electron chi connectivity index (χ4n) is 3.46. The molecule has 0 bridgehead atoms. The first kappa shape index (κ1) is 19.9. The normalized spacial score (nSPS) is 11.2. The highest BCUT2D eigenvalue weighted by Gasteiger charge is 2.20. The molecule has 0 saturated carbocycles. The van der Waals surface area contributed by atoms with Crippen molar-refractivity contribution in [2.75, 3.05) is 7.11 Å². The third-order valence-electron chi connectivity index (χ3n) is 4.92. The van der Waals surface area contributed by atoms with Crippen LogP contribution in [0.5, 0.6) is 5.75 Å². The molecule has 1 aromatic carbocycles. The number of nitrogens with zero attached hydrogens (tertiary/aromatic N) is 2. The molecule has 0 saturated heterocycles. The number of hydrogen-bond donors (Lipinski definition) is 1. The van der Waals surface area contributed by atoms with Crippen LogP contribution < -0.4 is 10.3 Å². The first-order valence-electron chi connectivity index (χ1n) is 9.40. The third kappa shape index (κ3) is 3.39. The van der Waals surface area contributed by atoms with Gasteiger partial charge in [0.05, 0.1) is 19.0 Å². The molecule has 0 fully saturated rings. The van der Waals surface area contributed by atoms with Crippen LogP contribution in [0.4, 0.5) is 0 Å². The molecule has 4 aromatic rings. The van der Waals surface area contributed by atoms with E-state index in [1.54, 1.807) is 17.7 Å². The van der Waals surface area contributed by atoms with E-state index in [1.807, 2.05) is 37.4 Å². The number of aromatic carboxylic acids is 1. The molecular formula is C22H20N2O5S. The van der Waals surface area contributed by atoms with Crippen molar-refractivity contribution in [3.05, 3.63) is 69.0 Å². The maximum Gasteiger partial charge on any atom is 0.371 e. The summed E-state index contributed by atoms with van der Waals surface area (Å²) >= 11 is 1.42. The van der Waals surface area contributed by atoms with Crippen molar-refractivity contribution in [3.8, 4) is 16.9 Å². The number of rotatable bonds is 6. The van der Waals surface area contributed by atoms with Gasteiger partial charge in [-0.05, 0) is 31.2 Å². The van der Waals surface area contributed by atoms with E-state index in [1.165, 1.54) is 17.4 Å². The third-order valence-corrected chi connectivity index (χ3v) is 5.79. The van der Waals surface area contributed by atoms with Crippen LogP contribution in [-0.2, 0) is 13.0 Å². The number of methoxy groups -OCH3 is 1. The van der Waals surface area contributed by atoms with Gasteiger partial charge < -0.3 is 14.3 Å². The zero-order chi connectivity index (χ0) is 21.4. The van der Waals surface area contributed by atoms with E-state index in [-0.39, 0.29) is 17.9 Å². The molecule has 4 rings (SSSR count). The number of thiophene rings is 1. The lowest BCUT2D eigenvalue weighted by atomic mass is 10.0. The van der Waals surface area contributed by atoms with Crippen LogP contribution in [0.1, 0.15) is 34.6 Å². The van der Waals surface area contributed by atoms with Crippen molar-refractivity contribution in [2.24, 2.45) is 0 Å². The minimum atomic E-state index is -1.15. The van der Waals surface area contributed by atoms with Crippen LogP contribution in [-0.4, -0.2) is 27.7 Å². The number of carbonyl (C=O) groups is 1. The Labute approximate surface area is 176 Å². The number of carboxylic acids is 1. The van der Waals surface area contributed by atoms with E-state index in [4.69, 9.17) is 19.2 Å². The molecule has 7 nitrogen and oxygen atoms in total. The van der Waals surface area contributed by atoms with Crippen molar-refractivity contribution < 1.29 is 19.1 Å². The second-order valence-electron chi connectivity index (χ2n) is 6.88. The van der Waals surface area contributed by atoms with Gasteiger partial charge in [0.15, 0.2) is 0 Å². The van der Waals surface area contributed by atoms with Gasteiger partial charge >= 0.3 is 5.97 Å². The summed E-state index contributed by atoms with van der Waals surface area (Å²) in [5, 5.41) is 11.5. The lowest BCUT2D eigenvalue weighted by Gasteiger charge is -2.12. The summed E-state index contributed by atoms with van der Waals surface area (Å²) in [6.07, 6.45) is 0.554. The quantitative estimate of drug-likeness (QED) is 0.495. The standard InChI is InChI=1S/C22H20N2O5S/c1-4-18-23-20-19(15(11-30-20)14-9-12(2)5-7-16(14)28-3)21(25)24(18)10-13-6-8-17(29-13)22(26)27/h5-9,11H,4,10H2,1-3H3,(H,26,27). The minimum absolute atomic E-state index is 0.110. The lowest BCUT2D eigenvalue weighted by molar-refractivity contribution is 0.0660. The molecule has 30 heavy (non-hydrogen) atoms. The van der Waals surface area contributed by atoms with Gasteiger partial charge in [-0.2, -0.15) is 0 Å². The molecule has 0 spiro atoms. The summed E-state index contributed by atoms with van der Waals surface area (Å²) in [6, 6.07) is 8.78. The smallest absolute Gasteiger partial charge is 0.371 e. The number of fused-ring (bicyclic) bond motifs is 1. The Morgan fingerprint density at radius 2 is 2.07 bits per heavy atom. The van der Waals surface area contributed by atoms with Gasteiger partial charge in [0.25, 0.3) is 5.56 Å². The second-order valence-corrected chi connectivity index (χ2v) is 7.74. The Morgan fingerprint density at radius 3 is 2.73 bits per heavy atom. The molecule has 8 heteroatoms. The van der Waals surface area contributed by atoms with Gasteiger partial charge in [-0.3, -0.25) is 9.36 Å². The van der Waals surface area contributed by atoms with E-state index in [9.17, 15) is 9.59 Å². The Bertz CT molecular complexity index is 1320. The van der Waals surface area contributed by atoms with Crippen LogP contribution in [0.15, 0.2) is 44.9 Å². The summed E-state index contributed by atoms with van der Waals surface area (Å²) in [5.41, 5.74) is 2.48. The number of carboxylic acid groups (broad SMARTS) is 1. The van der Waals surface area contributed by atoms with Crippen LogP contribution >= 0.6 is 11.3 Å². The lowest BCUT2D eigenvalue weighted by Crippen LogP contribution is -2.25. The number of benzene rings is 1. The molecule has 0 aliphatic heterocycles. The molecule has 3 heterocycles. The molecular weight excluding hydrogens is 404 g/mol. The average molecular weight is 424 g/mol. The van der Waals surface area contributed by atoms with Gasteiger partial charge in [0, 0.05) is 22.9 Å². The topological polar surface area (TPSA) is 94.6 Å². The minimum Gasteiger partial charge on any atom is -0.496 e. The summed E-state index contributed by atoms with van der Waals surface area (Å²) in [5.74, 6) is 0.374. The van der Waals surface area contributed by atoms with Crippen molar-refractivity contribution >= 4 is 27.5 Å². The van der Waals surface area contributed by atoms with Gasteiger partial charge in [-0.1, -0.05) is 18.6 Å². The maximum atomic E-state index is 13.5. The largest absolute Gasteiger partial charge is 0.496 e. The SMILES string of the molecule is CCc1nc2scc(-c3cc(C)ccc3OC)c2c(=O)n1Cc1ccc(C(=O)O)o1. The number of ether oxygens (including phenoxy) is 1. The molecule has 154 valence electrons. The van der Waals surface area contributed by atoms with Crippen LogP contribution in [0.2, 0.25) is 0 Å². The van der Waals surface area contributed by atoms with E-state index in [0.717, 1.165) is 16.7 Å². The molecule has 3 aromatic heterocycles. The van der Waals surface area contributed by atoms with Crippen LogP contribution in [0.3, 0.4) is 0 Å². The molecule has 0 aliphatic rings. The van der Waals surface area contributed by atoms with E-state index in [2.05, 4.69) is 0 Å². The molecule has 0 atom stereocenters. The predicted molar refractivity (Wildman–Crippen MR) is 115 cm³/mol. The molecule has 0 radical (unpaired) electrons. The monoisotopic (exact) mass is 424 g/mol. The molecule has 0 aliphatic carbocycles. The highest BCUT2D eigenvalue weighted by atomic mass is 32.1. The average Bonchev–Trinajstić information content (AvgIpc) is 3.37. The Hall–Kier alpha value is -3.39. The van der Waals surface area contributed by atoms with Crippen molar-refractivity contribution in [3.63, 3.8) is 0 Å². The number of furan rings is 1. The first-order chi connectivity index (χ1) is 14.4. The Morgan fingerprint density at radius 1 is 1.27 bits per heavy atom. The molecule has 0 amide bonds. The van der Waals surface area contributed by atoms with Crippen molar-refractivity contribution in [1.29, 1.82) is 0 Å². The fraction of sp³-hybridized carbons (Fsp3) is 0.227. The van der Waals surface area contributed by atoms with Crippen LogP contribution in [0, 0.1) is 6.92 Å². The Kier molecular flexibility index (Phi) is 5.17.